The molecule has 10 nitrogen and oxygen atoms in total. The van der Waals surface area contributed by atoms with Crippen LogP contribution >= 0.6 is 0 Å². The van der Waals surface area contributed by atoms with Gasteiger partial charge in [0.1, 0.15) is 11.9 Å². The number of carbonyl (C=O) groups excluding carboxylic acids is 6. The van der Waals surface area contributed by atoms with Crippen molar-refractivity contribution >= 4 is 35.2 Å². The molecule has 1 fully saturated rings. The van der Waals surface area contributed by atoms with Crippen molar-refractivity contribution < 1.29 is 37.6 Å². The van der Waals surface area contributed by atoms with Crippen molar-refractivity contribution in [3.63, 3.8) is 0 Å². The monoisotopic (exact) mass is 515 g/mol. The molecule has 0 bridgehead atoms. The number of halogens is 1. The van der Waals surface area contributed by atoms with E-state index < -0.39 is 47.1 Å². The molecule has 3 aliphatic rings. The van der Waals surface area contributed by atoms with Crippen molar-refractivity contribution in [2.75, 3.05) is 0 Å². The van der Waals surface area contributed by atoms with E-state index in [4.69, 9.17) is 4.42 Å². The molecule has 190 valence electrons. The van der Waals surface area contributed by atoms with Crippen LogP contribution < -0.4 is 10.6 Å². The predicted octanol–water partition coefficient (Wildman–Crippen LogP) is 1.89. The number of nitrogens with one attached hydrogen (secondary N) is 2. The first-order chi connectivity index (χ1) is 18.2. The van der Waals surface area contributed by atoms with Crippen molar-refractivity contribution in [2.45, 2.75) is 32.0 Å². The van der Waals surface area contributed by atoms with Gasteiger partial charge in [-0.25, -0.2) is 4.39 Å². The fraction of sp³-hybridized carbons (Fsp3) is 0.185. The second-order valence-corrected chi connectivity index (χ2v) is 9.25. The van der Waals surface area contributed by atoms with E-state index in [1.165, 1.54) is 23.1 Å². The fourth-order valence-corrected chi connectivity index (χ4v) is 5.08. The lowest BCUT2D eigenvalue weighted by molar-refractivity contribution is -0.136. The number of amides is 4. The molecule has 0 radical (unpaired) electrons. The highest BCUT2D eigenvalue weighted by atomic mass is 19.1. The van der Waals surface area contributed by atoms with Gasteiger partial charge in [-0.05, 0) is 23.6 Å². The average molecular weight is 515 g/mol. The molecule has 6 rings (SSSR count). The molecule has 11 heteroatoms. The van der Waals surface area contributed by atoms with Crippen LogP contribution in [0.3, 0.4) is 0 Å². The van der Waals surface area contributed by atoms with Crippen LogP contribution in [0.25, 0.3) is 0 Å². The van der Waals surface area contributed by atoms with E-state index in [-0.39, 0.29) is 59.7 Å². The van der Waals surface area contributed by atoms with Gasteiger partial charge in [-0.1, -0.05) is 30.3 Å². The summed E-state index contributed by atoms with van der Waals surface area (Å²) in [6, 6.07) is 9.29. The summed E-state index contributed by atoms with van der Waals surface area (Å²) in [7, 11) is 0. The highest BCUT2D eigenvalue weighted by Gasteiger charge is 2.40. The van der Waals surface area contributed by atoms with Crippen molar-refractivity contribution in [1.82, 2.24) is 15.5 Å². The summed E-state index contributed by atoms with van der Waals surface area (Å²) in [5, 5.41) is 4.76. The Kier molecular flexibility index (Phi) is 5.30. The van der Waals surface area contributed by atoms with Gasteiger partial charge in [0.25, 0.3) is 11.8 Å². The topological polar surface area (TPSA) is 143 Å². The van der Waals surface area contributed by atoms with Gasteiger partial charge in [0.2, 0.25) is 17.6 Å². The number of carbonyl (C=O) groups is 6. The van der Waals surface area contributed by atoms with Gasteiger partial charge < -0.3 is 14.6 Å². The molecule has 0 saturated carbocycles. The number of furan rings is 1. The number of piperidine rings is 1. The quantitative estimate of drug-likeness (QED) is 0.395. The largest absolute Gasteiger partial charge is 0.447 e. The smallest absolute Gasteiger partial charge is 0.287 e. The number of benzene rings is 2. The fourth-order valence-electron chi connectivity index (χ4n) is 5.08. The van der Waals surface area contributed by atoms with Crippen molar-refractivity contribution in [1.29, 1.82) is 0 Å². The second-order valence-electron chi connectivity index (χ2n) is 9.25. The van der Waals surface area contributed by atoms with E-state index in [0.29, 0.717) is 11.1 Å². The van der Waals surface area contributed by atoms with Crippen LogP contribution in [0.5, 0.6) is 0 Å². The third-order valence-electron chi connectivity index (χ3n) is 6.91. The molecule has 1 aliphatic carbocycles. The van der Waals surface area contributed by atoms with Crippen LogP contribution in [0.4, 0.5) is 4.39 Å². The summed E-state index contributed by atoms with van der Waals surface area (Å²) in [6.45, 7) is -0.155. The standard InChI is InChI=1S/C27H18FN3O7/c28-17-8-12(7-13-11-31(27(37)21(13)17)18-5-6-20(32)30-25(18)35)10-29-26(36)19-9-16-22(33)14-3-1-2-4-15(14)23(34)24(16)38-19/h1-4,7-9,18H,5-6,10-11H2,(H,29,36)(H,30,32,35). The second kappa shape index (κ2) is 8.58. The number of hydrogen-bond acceptors (Lipinski definition) is 7. The lowest BCUT2D eigenvalue weighted by Crippen LogP contribution is -2.52. The third-order valence-corrected chi connectivity index (χ3v) is 6.91. The van der Waals surface area contributed by atoms with Crippen LogP contribution in [0.2, 0.25) is 0 Å². The van der Waals surface area contributed by atoms with Gasteiger partial charge in [0.05, 0.1) is 11.1 Å². The van der Waals surface area contributed by atoms with Crippen LogP contribution in [0, 0.1) is 5.82 Å². The maximum atomic E-state index is 14.9. The highest BCUT2D eigenvalue weighted by molar-refractivity contribution is 6.27. The molecule has 3 heterocycles. The number of nitrogens with zero attached hydrogens (tertiary/aromatic N) is 1. The Morgan fingerprint density at radius 3 is 2.50 bits per heavy atom. The molecule has 0 spiro atoms. The van der Waals surface area contributed by atoms with Gasteiger partial charge in [-0.2, -0.15) is 0 Å². The lowest BCUT2D eigenvalue weighted by Gasteiger charge is -2.29. The molecule has 3 aromatic rings. The zero-order valence-electron chi connectivity index (χ0n) is 19.6. The minimum absolute atomic E-state index is 0.00511. The maximum absolute atomic E-state index is 14.9. The molecule has 2 aliphatic heterocycles. The molecular weight excluding hydrogens is 497 g/mol. The Morgan fingerprint density at radius 2 is 1.76 bits per heavy atom. The molecule has 2 aromatic carbocycles. The van der Waals surface area contributed by atoms with Crippen molar-refractivity contribution in [2.24, 2.45) is 0 Å². The first-order valence-electron chi connectivity index (χ1n) is 11.8. The zero-order chi connectivity index (χ0) is 26.7. The molecule has 2 N–H and O–H groups in total. The van der Waals surface area contributed by atoms with Crippen LogP contribution in [-0.2, 0) is 22.7 Å². The molecule has 38 heavy (non-hydrogen) atoms. The van der Waals surface area contributed by atoms with E-state index in [1.54, 1.807) is 18.2 Å². The maximum Gasteiger partial charge on any atom is 0.287 e. The molecule has 4 amide bonds. The number of hydrogen-bond donors (Lipinski definition) is 2. The molecule has 1 atom stereocenters. The summed E-state index contributed by atoms with van der Waals surface area (Å²) in [5.41, 5.74) is 0.970. The predicted molar refractivity (Wildman–Crippen MR) is 126 cm³/mol. The zero-order valence-corrected chi connectivity index (χ0v) is 19.6. The lowest BCUT2D eigenvalue weighted by atomic mass is 9.89. The van der Waals surface area contributed by atoms with Crippen molar-refractivity contribution in [3.05, 3.63) is 93.2 Å². The Morgan fingerprint density at radius 1 is 1.03 bits per heavy atom. The van der Waals surface area contributed by atoms with E-state index in [9.17, 15) is 33.2 Å². The number of imide groups is 1. The Hall–Kier alpha value is -4.93. The minimum atomic E-state index is -0.878. The summed E-state index contributed by atoms with van der Waals surface area (Å²) >= 11 is 0. The SMILES string of the molecule is O=C1CCC(N2Cc3cc(CNC(=O)c4cc5c(o4)C(=O)c4ccccc4C5=O)cc(F)c3C2=O)C(=O)N1. The number of rotatable bonds is 4. The third kappa shape index (κ3) is 3.62. The Labute approximate surface area is 213 Å². The van der Waals surface area contributed by atoms with Gasteiger partial charge in [0.15, 0.2) is 17.3 Å². The molecular formula is C27H18FN3O7. The van der Waals surface area contributed by atoms with E-state index in [0.717, 1.165) is 6.07 Å². The first-order valence-corrected chi connectivity index (χ1v) is 11.8. The highest BCUT2D eigenvalue weighted by Crippen LogP contribution is 2.31. The summed E-state index contributed by atoms with van der Waals surface area (Å²) in [4.78, 5) is 75.9. The molecule has 1 aromatic heterocycles. The van der Waals surface area contributed by atoms with Gasteiger partial charge in [0, 0.05) is 36.7 Å². The molecule has 1 unspecified atom stereocenters. The van der Waals surface area contributed by atoms with E-state index >= 15 is 0 Å². The van der Waals surface area contributed by atoms with Crippen LogP contribution in [-0.4, -0.2) is 46.1 Å². The van der Waals surface area contributed by atoms with E-state index in [1.807, 2.05) is 0 Å². The molecule has 1 saturated heterocycles. The van der Waals surface area contributed by atoms with Gasteiger partial charge in [-0.15, -0.1) is 0 Å². The minimum Gasteiger partial charge on any atom is -0.447 e. The van der Waals surface area contributed by atoms with Crippen molar-refractivity contribution in [3.8, 4) is 0 Å². The normalized spacial score (nSPS) is 18.2. The van der Waals surface area contributed by atoms with Gasteiger partial charge in [-0.3, -0.25) is 34.1 Å². The van der Waals surface area contributed by atoms with Crippen LogP contribution in [0.15, 0.2) is 46.9 Å². The summed E-state index contributed by atoms with van der Waals surface area (Å²) in [6.07, 6.45) is 0.230. The Balaban J connectivity index is 1.18. The van der Waals surface area contributed by atoms with E-state index in [2.05, 4.69) is 10.6 Å². The Bertz CT molecular complexity index is 1570. The summed E-state index contributed by atoms with van der Waals surface area (Å²) < 4.78 is 20.3. The number of fused-ring (bicyclic) bond motifs is 3. The first kappa shape index (κ1) is 23.5. The van der Waals surface area contributed by atoms with Gasteiger partial charge >= 0.3 is 0 Å². The van der Waals surface area contributed by atoms with Crippen LogP contribution in [0.1, 0.15) is 76.9 Å². The average Bonchev–Trinajstić information content (AvgIpc) is 3.48. The number of ketones is 2. The summed E-state index contributed by atoms with van der Waals surface area (Å²) in [5.74, 6) is -4.56.